The van der Waals surface area contributed by atoms with Crippen LogP contribution in [0.5, 0.6) is 0 Å². The zero-order valence-corrected chi connectivity index (χ0v) is 17.6. The van der Waals surface area contributed by atoms with E-state index in [1.165, 1.54) is 89.1 Å². The average molecular weight is 345 g/mol. The molecule has 0 rings (SSSR count). The lowest BCUT2D eigenvalue weighted by atomic mass is 10.1. The van der Waals surface area contributed by atoms with Gasteiger partial charge < -0.3 is 8.85 Å². The van der Waals surface area contributed by atoms with Crippen LogP contribution < -0.4 is 0 Å². The minimum Gasteiger partial charge on any atom is -0.394 e. The van der Waals surface area contributed by atoms with Crippen LogP contribution in [0.3, 0.4) is 0 Å². The highest BCUT2D eigenvalue weighted by molar-refractivity contribution is 6.67. The lowest BCUT2D eigenvalue weighted by molar-refractivity contribution is 0.180. The van der Waals surface area contributed by atoms with Gasteiger partial charge in [-0.3, -0.25) is 0 Å². The van der Waals surface area contributed by atoms with E-state index in [0.717, 1.165) is 13.2 Å². The Morgan fingerprint density at radius 1 is 0.478 bits per heavy atom. The highest BCUT2D eigenvalue weighted by Crippen LogP contribution is 2.26. The summed E-state index contributed by atoms with van der Waals surface area (Å²) in [6, 6.07) is 2.40. The number of rotatable bonds is 18. The fraction of sp³-hybridized carbons (Fsp3) is 1.00. The van der Waals surface area contributed by atoms with Crippen molar-refractivity contribution in [2.24, 2.45) is 0 Å². The molecule has 0 fully saturated rings. The Labute approximate surface area is 148 Å². The molecule has 0 aliphatic heterocycles. The molecule has 23 heavy (non-hydrogen) atoms. The first kappa shape index (κ1) is 23.1. The van der Waals surface area contributed by atoms with Gasteiger partial charge >= 0.3 is 8.56 Å². The van der Waals surface area contributed by atoms with E-state index < -0.39 is 8.56 Å². The van der Waals surface area contributed by atoms with Gasteiger partial charge in [-0.1, -0.05) is 90.9 Å². The Kier molecular flexibility index (Phi) is 17.1. The second-order valence-electron chi connectivity index (χ2n) is 6.81. The molecular formula is C20H44O2Si. The maximum atomic E-state index is 6.21. The monoisotopic (exact) mass is 344 g/mol. The van der Waals surface area contributed by atoms with Gasteiger partial charge in [-0.25, -0.2) is 0 Å². The van der Waals surface area contributed by atoms with E-state index in [9.17, 15) is 0 Å². The number of unbranched alkanes of at least 4 members (excludes halogenated alkanes) is 10. The van der Waals surface area contributed by atoms with Gasteiger partial charge in [-0.05, 0) is 25.9 Å². The molecule has 0 amide bonds. The summed E-state index contributed by atoms with van der Waals surface area (Å²) in [6.07, 6.45) is 16.4. The molecule has 0 aromatic rings. The summed E-state index contributed by atoms with van der Waals surface area (Å²) in [5.74, 6) is 0. The van der Waals surface area contributed by atoms with Gasteiger partial charge in [-0.2, -0.15) is 0 Å². The van der Waals surface area contributed by atoms with Crippen LogP contribution >= 0.6 is 0 Å². The van der Waals surface area contributed by atoms with Crippen LogP contribution in [-0.2, 0) is 8.85 Å². The highest BCUT2D eigenvalue weighted by Gasteiger charge is 2.35. The Morgan fingerprint density at radius 2 is 0.826 bits per heavy atom. The lowest BCUT2D eigenvalue weighted by Gasteiger charge is -2.30. The summed E-state index contributed by atoms with van der Waals surface area (Å²) in [5, 5.41) is 0. The minimum atomic E-state index is -1.92. The predicted octanol–water partition coefficient (Wildman–Crippen LogP) is 7.22. The molecule has 0 radical (unpaired) electrons. The zero-order chi connectivity index (χ0) is 17.2. The van der Waals surface area contributed by atoms with Gasteiger partial charge in [0.05, 0.1) is 0 Å². The predicted molar refractivity (Wildman–Crippen MR) is 105 cm³/mol. The molecule has 0 bridgehead atoms. The molecule has 0 unspecified atom stereocenters. The normalized spacial score (nSPS) is 12.0. The number of hydrogen-bond acceptors (Lipinski definition) is 2. The van der Waals surface area contributed by atoms with Crippen LogP contribution in [0.1, 0.15) is 105 Å². The Balaban J connectivity index is 3.93. The Morgan fingerprint density at radius 3 is 1.26 bits per heavy atom. The van der Waals surface area contributed by atoms with Crippen molar-refractivity contribution in [1.29, 1.82) is 0 Å². The fourth-order valence-corrected chi connectivity index (χ4v) is 6.87. The lowest BCUT2D eigenvalue weighted by Crippen LogP contribution is -2.42. The van der Waals surface area contributed by atoms with Crippen molar-refractivity contribution in [3.63, 3.8) is 0 Å². The molecule has 140 valence electrons. The van der Waals surface area contributed by atoms with Crippen molar-refractivity contribution < 1.29 is 8.85 Å². The van der Waals surface area contributed by atoms with E-state index in [0.29, 0.717) is 0 Å². The molecule has 0 N–H and O–H groups in total. The molecule has 3 heteroatoms. The van der Waals surface area contributed by atoms with Crippen LogP contribution in [0.2, 0.25) is 12.1 Å². The van der Waals surface area contributed by atoms with Crippen molar-refractivity contribution in [3.8, 4) is 0 Å². The third-order valence-electron chi connectivity index (χ3n) is 4.64. The largest absolute Gasteiger partial charge is 0.394 e. The molecule has 2 nitrogen and oxygen atoms in total. The summed E-state index contributed by atoms with van der Waals surface area (Å²) >= 11 is 0. The number of hydrogen-bond donors (Lipinski definition) is 0. The Bertz CT molecular complexity index is 228. The first-order chi connectivity index (χ1) is 11.2. The maximum Gasteiger partial charge on any atom is 0.338 e. The molecule has 0 aromatic carbocycles. The van der Waals surface area contributed by atoms with Gasteiger partial charge in [0.1, 0.15) is 0 Å². The topological polar surface area (TPSA) is 18.5 Å². The van der Waals surface area contributed by atoms with Crippen molar-refractivity contribution in [2.45, 2.75) is 117 Å². The van der Waals surface area contributed by atoms with Crippen molar-refractivity contribution in [2.75, 3.05) is 13.2 Å². The van der Waals surface area contributed by atoms with Crippen LogP contribution in [0.15, 0.2) is 0 Å². The summed E-state index contributed by atoms with van der Waals surface area (Å²) in [6.45, 7) is 10.4. The molecule has 0 aliphatic carbocycles. The van der Waals surface area contributed by atoms with Crippen LogP contribution in [0.4, 0.5) is 0 Å². The first-order valence-electron chi connectivity index (χ1n) is 10.5. The van der Waals surface area contributed by atoms with E-state index in [-0.39, 0.29) is 0 Å². The maximum absolute atomic E-state index is 6.21. The fourth-order valence-electron chi connectivity index (χ4n) is 3.33. The zero-order valence-electron chi connectivity index (χ0n) is 16.6. The Hall–Kier alpha value is 0.137. The van der Waals surface area contributed by atoms with E-state index in [1.54, 1.807) is 0 Å². The van der Waals surface area contributed by atoms with Crippen LogP contribution in [0, 0.1) is 0 Å². The van der Waals surface area contributed by atoms with E-state index in [1.807, 2.05) is 0 Å². The van der Waals surface area contributed by atoms with Gasteiger partial charge in [0.25, 0.3) is 0 Å². The highest BCUT2D eigenvalue weighted by atomic mass is 28.4. The first-order valence-corrected chi connectivity index (χ1v) is 12.8. The van der Waals surface area contributed by atoms with Gasteiger partial charge in [-0.15, -0.1) is 0 Å². The molecule has 0 atom stereocenters. The van der Waals surface area contributed by atoms with Crippen molar-refractivity contribution in [1.82, 2.24) is 0 Å². The molecule has 0 saturated heterocycles. The second kappa shape index (κ2) is 17.0. The van der Waals surface area contributed by atoms with Crippen LogP contribution in [0.25, 0.3) is 0 Å². The summed E-state index contributed by atoms with van der Waals surface area (Å²) < 4.78 is 12.4. The van der Waals surface area contributed by atoms with Crippen LogP contribution in [-0.4, -0.2) is 21.8 Å². The summed E-state index contributed by atoms with van der Waals surface area (Å²) in [5.41, 5.74) is 0. The van der Waals surface area contributed by atoms with Crippen molar-refractivity contribution in [3.05, 3.63) is 0 Å². The molecule has 0 saturated carbocycles. The van der Waals surface area contributed by atoms with E-state index >= 15 is 0 Å². The van der Waals surface area contributed by atoms with E-state index in [2.05, 4.69) is 27.7 Å². The SMILES string of the molecule is CCCCCCCCCCC[Si](CCCCC)(OCC)OCC. The van der Waals surface area contributed by atoms with Gasteiger partial charge in [0.15, 0.2) is 0 Å². The average Bonchev–Trinajstić information content (AvgIpc) is 2.54. The summed E-state index contributed by atoms with van der Waals surface area (Å²) in [4.78, 5) is 0. The molecule has 0 aliphatic rings. The van der Waals surface area contributed by atoms with Gasteiger partial charge in [0.2, 0.25) is 0 Å². The smallest absolute Gasteiger partial charge is 0.338 e. The second-order valence-corrected chi connectivity index (χ2v) is 10.2. The standard InChI is InChI=1S/C20H44O2Si/c1-5-9-11-12-13-14-15-16-18-20-23(21-7-3,22-8-4)19-17-10-6-2/h5-20H2,1-4H3. The molecular weight excluding hydrogens is 300 g/mol. The van der Waals surface area contributed by atoms with E-state index in [4.69, 9.17) is 8.85 Å². The summed E-state index contributed by atoms with van der Waals surface area (Å²) in [7, 11) is -1.92. The molecule has 0 heterocycles. The quantitative estimate of drug-likeness (QED) is 0.193. The minimum absolute atomic E-state index is 0.815. The van der Waals surface area contributed by atoms with Gasteiger partial charge in [0, 0.05) is 13.2 Å². The van der Waals surface area contributed by atoms with Crippen molar-refractivity contribution >= 4 is 8.56 Å². The molecule has 0 aromatic heterocycles. The molecule has 0 spiro atoms. The third-order valence-corrected chi connectivity index (χ3v) is 8.50. The third kappa shape index (κ3) is 13.1.